The predicted octanol–water partition coefficient (Wildman–Crippen LogP) is 3.89. The highest BCUT2D eigenvalue weighted by atomic mass is 32.2. The normalized spacial score (nSPS) is 15.8. The molecule has 208 valence electrons. The molecule has 2 N–H and O–H groups in total. The van der Waals surface area contributed by atoms with Gasteiger partial charge in [0.2, 0.25) is 5.82 Å². The quantitative estimate of drug-likeness (QED) is 0.402. The van der Waals surface area contributed by atoms with Gasteiger partial charge in [-0.15, -0.1) is 0 Å². The van der Waals surface area contributed by atoms with Gasteiger partial charge >= 0.3 is 12.3 Å². The number of thioether (sulfide) groups is 1. The first kappa shape index (κ1) is 29.6. The standard InChI is InChI=1S/C24H31F3N6O4S/c1-13-17(19(35)29-12-16(34)15-6-9-28-20(31-15)24(25,26)27)18(32-21(30-13)38-5)14-7-10-33(11-8-14)22(36)37-23(2,3)4/h6,9,14,16,34H,7-8,10-12H2,1-5H3,(H,29,35). The van der Waals surface area contributed by atoms with Crippen molar-refractivity contribution in [1.82, 2.24) is 30.2 Å². The molecule has 0 bridgehead atoms. The fraction of sp³-hybridized carbons (Fsp3) is 0.583. The molecule has 1 saturated heterocycles. The summed E-state index contributed by atoms with van der Waals surface area (Å²) in [5.74, 6) is -2.08. The Morgan fingerprint density at radius 2 is 1.87 bits per heavy atom. The number of alkyl halides is 3. The van der Waals surface area contributed by atoms with Crippen LogP contribution in [0.3, 0.4) is 0 Å². The fourth-order valence-electron chi connectivity index (χ4n) is 3.98. The van der Waals surface area contributed by atoms with Crippen molar-refractivity contribution in [2.75, 3.05) is 25.9 Å². The van der Waals surface area contributed by atoms with Crippen LogP contribution in [0.5, 0.6) is 0 Å². The second kappa shape index (κ2) is 11.8. The summed E-state index contributed by atoms with van der Waals surface area (Å²) in [4.78, 5) is 42.8. The topological polar surface area (TPSA) is 130 Å². The van der Waals surface area contributed by atoms with Gasteiger partial charge in [0.15, 0.2) is 5.16 Å². The number of aromatic nitrogens is 4. The molecule has 38 heavy (non-hydrogen) atoms. The van der Waals surface area contributed by atoms with Crippen molar-refractivity contribution < 1.29 is 32.6 Å². The van der Waals surface area contributed by atoms with Gasteiger partial charge in [0, 0.05) is 31.7 Å². The first-order chi connectivity index (χ1) is 17.7. The number of piperidine rings is 1. The van der Waals surface area contributed by atoms with Crippen molar-refractivity contribution in [1.29, 1.82) is 0 Å². The van der Waals surface area contributed by atoms with Gasteiger partial charge in [0.1, 0.15) is 11.7 Å². The van der Waals surface area contributed by atoms with Crippen LogP contribution >= 0.6 is 11.8 Å². The van der Waals surface area contributed by atoms with Crippen LogP contribution < -0.4 is 5.32 Å². The number of halogens is 3. The zero-order valence-corrected chi connectivity index (χ0v) is 22.6. The molecule has 2 aromatic rings. The predicted molar refractivity (Wildman–Crippen MR) is 133 cm³/mol. The van der Waals surface area contributed by atoms with Gasteiger partial charge in [-0.05, 0) is 52.9 Å². The zero-order valence-electron chi connectivity index (χ0n) is 21.8. The monoisotopic (exact) mass is 556 g/mol. The molecule has 3 heterocycles. The number of nitrogens with zero attached hydrogens (tertiary/aromatic N) is 5. The Bertz CT molecular complexity index is 1170. The first-order valence-corrected chi connectivity index (χ1v) is 13.2. The second-order valence-corrected chi connectivity index (χ2v) is 10.6. The number of hydrogen-bond donors (Lipinski definition) is 2. The summed E-state index contributed by atoms with van der Waals surface area (Å²) in [6.07, 6.45) is -2.84. The van der Waals surface area contributed by atoms with E-state index in [0.717, 1.165) is 12.3 Å². The summed E-state index contributed by atoms with van der Waals surface area (Å²) in [6.45, 7) is 7.53. The molecule has 0 radical (unpaired) electrons. The minimum atomic E-state index is -4.76. The van der Waals surface area contributed by atoms with Crippen molar-refractivity contribution in [3.63, 3.8) is 0 Å². The fourth-order valence-corrected chi connectivity index (χ4v) is 4.39. The molecule has 0 aliphatic carbocycles. The number of nitrogens with one attached hydrogen (secondary N) is 1. The van der Waals surface area contributed by atoms with Crippen molar-refractivity contribution in [3.8, 4) is 0 Å². The molecular formula is C24H31F3N6O4S. The molecule has 1 fully saturated rings. The summed E-state index contributed by atoms with van der Waals surface area (Å²) in [5, 5.41) is 13.4. The Balaban J connectivity index is 1.75. The van der Waals surface area contributed by atoms with Crippen molar-refractivity contribution in [2.45, 2.75) is 69.5 Å². The average Bonchev–Trinajstić information content (AvgIpc) is 2.85. The number of aliphatic hydroxyl groups is 1. The lowest BCUT2D eigenvalue weighted by atomic mass is 9.90. The minimum Gasteiger partial charge on any atom is -0.444 e. The molecule has 2 amide bonds. The van der Waals surface area contributed by atoms with E-state index in [2.05, 4.69) is 25.3 Å². The number of carbonyl (C=O) groups is 2. The SMILES string of the molecule is CSc1nc(C)c(C(=O)NCC(O)c2ccnc(C(F)(F)F)n2)c(C2CCN(C(=O)OC(C)(C)C)CC2)n1. The molecule has 14 heteroatoms. The Morgan fingerprint density at radius 1 is 1.21 bits per heavy atom. The molecule has 1 unspecified atom stereocenters. The number of aliphatic hydroxyl groups excluding tert-OH is 1. The van der Waals surface area contributed by atoms with Crippen LogP contribution in [-0.4, -0.2) is 73.4 Å². The Morgan fingerprint density at radius 3 is 2.45 bits per heavy atom. The largest absolute Gasteiger partial charge is 0.451 e. The maximum absolute atomic E-state index is 13.2. The van der Waals surface area contributed by atoms with Gasteiger partial charge in [-0.3, -0.25) is 4.79 Å². The highest BCUT2D eigenvalue weighted by molar-refractivity contribution is 7.98. The lowest BCUT2D eigenvalue weighted by Gasteiger charge is -2.33. The first-order valence-electron chi connectivity index (χ1n) is 12.0. The molecule has 1 aliphatic rings. The van der Waals surface area contributed by atoms with E-state index in [1.165, 1.54) is 11.8 Å². The molecule has 0 aromatic carbocycles. The summed E-state index contributed by atoms with van der Waals surface area (Å²) < 4.78 is 44.2. The number of ether oxygens (including phenoxy) is 1. The third kappa shape index (κ3) is 7.53. The van der Waals surface area contributed by atoms with E-state index in [-0.39, 0.29) is 23.7 Å². The summed E-state index contributed by atoms with van der Waals surface area (Å²) >= 11 is 1.33. The lowest BCUT2D eigenvalue weighted by Crippen LogP contribution is -2.41. The Hall–Kier alpha value is -3.00. The lowest BCUT2D eigenvalue weighted by molar-refractivity contribution is -0.145. The van der Waals surface area contributed by atoms with Crippen molar-refractivity contribution in [3.05, 3.63) is 40.7 Å². The van der Waals surface area contributed by atoms with Gasteiger partial charge in [0.05, 0.1) is 22.6 Å². The van der Waals surface area contributed by atoms with Crippen LogP contribution in [0.4, 0.5) is 18.0 Å². The molecular weight excluding hydrogens is 525 g/mol. The van der Waals surface area contributed by atoms with E-state index in [0.29, 0.717) is 42.5 Å². The van der Waals surface area contributed by atoms with Crippen LogP contribution in [0.15, 0.2) is 17.4 Å². The van der Waals surface area contributed by atoms with Gasteiger partial charge in [-0.25, -0.2) is 24.7 Å². The van der Waals surface area contributed by atoms with Crippen molar-refractivity contribution >= 4 is 23.8 Å². The molecule has 0 saturated carbocycles. The molecule has 0 spiro atoms. The van der Waals surface area contributed by atoms with E-state index in [1.807, 2.05) is 6.26 Å². The molecule has 3 rings (SSSR count). The van der Waals surface area contributed by atoms with Gasteiger partial charge in [-0.1, -0.05) is 11.8 Å². The number of amides is 2. The summed E-state index contributed by atoms with van der Waals surface area (Å²) in [6, 6.07) is 1.15. The van der Waals surface area contributed by atoms with Crippen LogP contribution in [0.1, 0.15) is 78.9 Å². The number of hydrogen-bond acceptors (Lipinski definition) is 9. The summed E-state index contributed by atoms with van der Waals surface area (Å²) in [7, 11) is 0. The summed E-state index contributed by atoms with van der Waals surface area (Å²) in [5.41, 5.74) is 0.319. The molecule has 10 nitrogen and oxygen atoms in total. The van der Waals surface area contributed by atoms with Crippen LogP contribution in [0.2, 0.25) is 0 Å². The minimum absolute atomic E-state index is 0.136. The van der Waals surface area contributed by atoms with Gasteiger partial charge < -0.3 is 20.1 Å². The second-order valence-electron chi connectivity index (χ2n) is 9.83. The van der Waals surface area contributed by atoms with Crippen LogP contribution in [0, 0.1) is 6.92 Å². The molecule has 1 atom stereocenters. The maximum atomic E-state index is 13.2. The third-order valence-corrected chi connectivity index (χ3v) is 6.32. The van der Waals surface area contributed by atoms with Crippen molar-refractivity contribution in [2.24, 2.45) is 0 Å². The van der Waals surface area contributed by atoms with E-state index >= 15 is 0 Å². The van der Waals surface area contributed by atoms with Crippen LogP contribution in [-0.2, 0) is 10.9 Å². The average molecular weight is 557 g/mol. The molecule has 2 aromatic heterocycles. The van der Waals surface area contributed by atoms with E-state index in [4.69, 9.17) is 4.74 Å². The van der Waals surface area contributed by atoms with E-state index < -0.39 is 35.7 Å². The number of rotatable bonds is 6. The highest BCUT2D eigenvalue weighted by Crippen LogP contribution is 2.32. The Kier molecular flexibility index (Phi) is 9.18. The van der Waals surface area contributed by atoms with E-state index in [1.54, 1.807) is 32.6 Å². The van der Waals surface area contributed by atoms with Gasteiger partial charge in [0.25, 0.3) is 5.91 Å². The van der Waals surface area contributed by atoms with Gasteiger partial charge in [-0.2, -0.15) is 13.2 Å². The highest BCUT2D eigenvalue weighted by Gasteiger charge is 2.35. The number of carbonyl (C=O) groups excluding carboxylic acids is 2. The Labute approximate surface area is 222 Å². The third-order valence-electron chi connectivity index (χ3n) is 5.77. The number of likely N-dealkylation sites (tertiary alicyclic amines) is 1. The maximum Gasteiger partial charge on any atom is 0.451 e. The van der Waals surface area contributed by atoms with E-state index in [9.17, 15) is 27.9 Å². The molecule has 1 aliphatic heterocycles. The zero-order chi connectivity index (χ0) is 28.3. The smallest absolute Gasteiger partial charge is 0.444 e. The number of aryl methyl sites for hydroxylation is 1. The van der Waals surface area contributed by atoms with Crippen LogP contribution in [0.25, 0.3) is 0 Å².